The highest BCUT2D eigenvalue weighted by molar-refractivity contribution is 6.07. The smallest absolute Gasteiger partial charge is 0.325 e. The summed E-state index contributed by atoms with van der Waals surface area (Å²) in [5.74, 6) is 0.201. The molecule has 4 rings (SSSR count). The van der Waals surface area contributed by atoms with Gasteiger partial charge in [0.1, 0.15) is 17.9 Å². The van der Waals surface area contributed by atoms with Crippen LogP contribution >= 0.6 is 0 Å². The van der Waals surface area contributed by atoms with Crippen molar-refractivity contribution in [2.45, 2.75) is 37.8 Å². The molecule has 0 atom stereocenters. The quantitative estimate of drug-likeness (QED) is 0.879. The number of halogens is 1. The Labute approximate surface area is 137 Å². The van der Waals surface area contributed by atoms with E-state index in [4.69, 9.17) is 4.42 Å². The van der Waals surface area contributed by atoms with Crippen LogP contribution in [0.15, 0.2) is 34.9 Å². The first-order valence-corrected chi connectivity index (χ1v) is 7.92. The summed E-state index contributed by atoms with van der Waals surface area (Å²) in [7, 11) is 0. The van der Waals surface area contributed by atoms with Gasteiger partial charge < -0.3 is 9.73 Å². The number of nitrogens with zero attached hydrogens (tertiary/aromatic N) is 2. The largest absolute Gasteiger partial charge is 0.439 e. The van der Waals surface area contributed by atoms with Crippen molar-refractivity contribution in [3.05, 3.63) is 42.2 Å². The number of oxazole rings is 1. The summed E-state index contributed by atoms with van der Waals surface area (Å²) < 4.78 is 18.6. The van der Waals surface area contributed by atoms with Crippen LogP contribution < -0.4 is 5.32 Å². The van der Waals surface area contributed by atoms with E-state index in [1.165, 1.54) is 18.3 Å². The van der Waals surface area contributed by atoms with Gasteiger partial charge >= 0.3 is 6.03 Å². The number of carbonyl (C=O) groups excluding carboxylic acids is 2. The molecule has 24 heavy (non-hydrogen) atoms. The number of aromatic nitrogens is 1. The topological polar surface area (TPSA) is 75.4 Å². The van der Waals surface area contributed by atoms with Gasteiger partial charge in [0.2, 0.25) is 5.89 Å². The first kappa shape index (κ1) is 14.9. The Morgan fingerprint density at radius 3 is 2.62 bits per heavy atom. The molecular weight excluding hydrogens is 313 g/mol. The lowest BCUT2D eigenvalue weighted by molar-refractivity contribution is -0.131. The first-order valence-electron chi connectivity index (χ1n) is 7.92. The minimum absolute atomic E-state index is 0.00634. The standard InChI is InChI=1S/C17H16FN3O3/c18-12-5-3-11(4-6-12)13-9-19-14(24-13)10-21-15(22)17(20-16(21)23)7-1-2-8-17/h3-6,9H,1-2,7-8,10H2,(H,20,23). The van der Waals surface area contributed by atoms with Crippen LogP contribution in [0.1, 0.15) is 31.6 Å². The Balaban J connectivity index is 1.53. The van der Waals surface area contributed by atoms with Crippen LogP contribution in [-0.2, 0) is 11.3 Å². The fourth-order valence-corrected chi connectivity index (χ4v) is 3.40. The molecule has 1 aromatic heterocycles. The van der Waals surface area contributed by atoms with Crippen molar-refractivity contribution in [3.8, 4) is 11.3 Å². The second kappa shape index (κ2) is 5.43. The van der Waals surface area contributed by atoms with Gasteiger partial charge in [-0.15, -0.1) is 0 Å². The molecule has 1 aromatic carbocycles. The molecule has 0 bridgehead atoms. The lowest BCUT2D eigenvalue weighted by Crippen LogP contribution is -2.44. The molecule has 1 aliphatic heterocycles. The molecule has 2 fully saturated rings. The molecular formula is C17H16FN3O3. The number of carbonyl (C=O) groups is 2. The maximum absolute atomic E-state index is 13.0. The number of amides is 3. The van der Waals surface area contributed by atoms with E-state index in [1.807, 2.05) is 0 Å². The minimum Gasteiger partial charge on any atom is -0.439 e. The monoisotopic (exact) mass is 329 g/mol. The first-order chi connectivity index (χ1) is 11.6. The van der Waals surface area contributed by atoms with Crippen molar-refractivity contribution >= 4 is 11.9 Å². The number of hydrogen-bond acceptors (Lipinski definition) is 4. The van der Waals surface area contributed by atoms with Crippen LogP contribution in [0.5, 0.6) is 0 Å². The molecule has 1 spiro atoms. The zero-order valence-corrected chi connectivity index (χ0v) is 12.9. The van der Waals surface area contributed by atoms with Gasteiger partial charge in [-0.1, -0.05) is 12.8 Å². The summed E-state index contributed by atoms with van der Waals surface area (Å²) in [4.78, 5) is 30.0. The van der Waals surface area contributed by atoms with E-state index in [9.17, 15) is 14.0 Å². The molecule has 3 amide bonds. The third-order valence-corrected chi connectivity index (χ3v) is 4.68. The van der Waals surface area contributed by atoms with Crippen LogP contribution in [0.4, 0.5) is 9.18 Å². The molecule has 1 aliphatic carbocycles. The summed E-state index contributed by atoms with van der Waals surface area (Å²) in [6.07, 6.45) is 4.74. The number of imide groups is 1. The van der Waals surface area contributed by atoms with Crippen molar-refractivity contribution in [3.63, 3.8) is 0 Å². The van der Waals surface area contributed by atoms with Gasteiger partial charge in [-0.05, 0) is 37.1 Å². The Morgan fingerprint density at radius 1 is 1.21 bits per heavy atom. The zero-order chi connectivity index (χ0) is 16.7. The van der Waals surface area contributed by atoms with E-state index >= 15 is 0 Å². The van der Waals surface area contributed by atoms with Gasteiger partial charge in [-0.25, -0.2) is 14.2 Å². The molecule has 1 saturated carbocycles. The number of benzene rings is 1. The van der Waals surface area contributed by atoms with Crippen molar-refractivity contribution < 1.29 is 18.4 Å². The minimum atomic E-state index is -0.733. The van der Waals surface area contributed by atoms with Gasteiger partial charge in [0.15, 0.2) is 5.76 Å². The van der Waals surface area contributed by atoms with Crippen molar-refractivity contribution in [1.29, 1.82) is 0 Å². The zero-order valence-electron chi connectivity index (χ0n) is 12.9. The van der Waals surface area contributed by atoms with Crippen molar-refractivity contribution in [2.75, 3.05) is 0 Å². The number of hydrogen-bond donors (Lipinski definition) is 1. The number of nitrogens with one attached hydrogen (secondary N) is 1. The van der Waals surface area contributed by atoms with Gasteiger partial charge in [0.05, 0.1) is 6.20 Å². The maximum Gasteiger partial charge on any atom is 0.325 e. The average Bonchev–Trinajstić information content (AvgIpc) is 3.27. The molecule has 1 N–H and O–H groups in total. The van der Waals surface area contributed by atoms with E-state index in [1.54, 1.807) is 12.1 Å². The molecule has 0 unspecified atom stereocenters. The highest BCUT2D eigenvalue weighted by Gasteiger charge is 2.52. The summed E-state index contributed by atoms with van der Waals surface area (Å²) in [5, 5.41) is 2.82. The van der Waals surface area contributed by atoms with Crippen molar-refractivity contribution in [1.82, 2.24) is 15.2 Å². The summed E-state index contributed by atoms with van der Waals surface area (Å²) >= 11 is 0. The Bertz CT molecular complexity index is 794. The van der Waals surface area contributed by atoms with Crippen LogP contribution in [0.25, 0.3) is 11.3 Å². The molecule has 6 nitrogen and oxygen atoms in total. The Kier molecular flexibility index (Phi) is 3.37. The van der Waals surface area contributed by atoms with Crippen LogP contribution in [0.2, 0.25) is 0 Å². The molecule has 7 heteroatoms. The van der Waals surface area contributed by atoms with E-state index < -0.39 is 11.6 Å². The third kappa shape index (κ3) is 2.36. The lowest BCUT2D eigenvalue weighted by atomic mass is 9.98. The van der Waals surface area contributed by atoms with E-state index in [-0.39, 0.29) is 24.2 Å². The van der Waals surface area contributed by atoms with Crippen molar-refractivity contribution in [2.24, 2.45) is 0 Å². The molecule has 2 heterocycles. The Morgan fingerprint density at radius 2 is 1.92 bits per heavy atom. The molecule has 124 valence electrons. The van der Waals surface area contributed by atoms with Crippen LogP contribution in [-0.4, -0.2) is 27.4 Å². The van der Waals surface area contributed by atoms with Gasteiger partial charge in [-0.2, -0.15) is 0 Å². The average molecular weight is 329 g/mol. The number of rotatable bonds is 3. The van der Waals surface area contributed by atoms with Crippen LogP contribution in [0.3, 0.4) is 0 Å². The maximum atomic E-state index is 13.0. The lowest BCUT2D eigenvalue weighted by Gasteiger charge is -2.19. The highest BCUT2D eigenvalue weighted by Crippen LogP contribution is 2.35. The van der Waals surface area contributed by atoms with E-state index in [2.05, 4.69) is 10.3 Å². The Hall–Kier alpha value is -2.70. The summed E-state index contributed by atoms with van der Waals surface area (Å²) in [6.45, 7) is -0.00634. The highest BCUT2D eigenvalue weighted by atomic mass is 19.1. The fourth-order valence-electron chi connectivity index (χ4n) is 3.40. The SMILES string of the molecule is O=C1NC2(CCCC2)C(=O)N1Cc1ncc(-c2ccc(F)cc2)o1. The van der Waals surface area contributed by atoms with E-state index in [0.29, 0.717) is 24.2 Å². The van der Waals surface area contributed by atoms with Gasteiger partial charge in [0, 0.05) is 5.56 Å². The second-order valence-corrected chi connectivity index (χ2v) is 6.24. The second-order valence-electron chi connectivity index (χ2n) is 6.24. The molecule has 2 aromatic rings. The predicted octanol–water partition coefficient (Wildman–Crippen LogP) is 2.85. The third-order valence-electron chi connectivity index (χ3n) is 4.68. The normalized spacial score (nSPS) is 19.3. The van der Waals surface area contributed by atoms with Gasteiger partial charge in [0.25, 0.3) is 5.91 Å². The summed E-state index contributed by atoms with van der Waals surface area (Å²) in [6, 6.07) is 5.43. The molecule has 2 aliphatic rings. The summed E-state index contributed by atoms with van der Waals surface area (Å²) in [5.41, 5.74) is -0.0525. The van der Waals surface area contributed by atoms with Gasteiger partial charge in [-0.3, -0.25) is 9.69 Å². The fraction of sp³-hybridized carbons (Fsp3) is 0.353. The van der Waals surface area contributed by atoms with E-state index in [0.717, 1.165) is 17.7 Å². The predicted molar refractivity (Wildman–Crippen MR) is 82.2 cm³/mol. The molecule has 0 radical (unpaired) electrons. The number of urea groups is 1. The molecule has 1 saturated heterocycles. The van der Waals surface area contributed by atoms with Crippen LogP contribution in [0, 0.1) is 5.82 Å².